The molecular weight excluding hydrogens is 312 g/mol. The summed E-state index contributed by atoms with van der Waals surface area (Å²) in [6, 6.07) is 5.91. The van der Waals surface area contributed by atoms with E-state index in [4.69, 9.17) is 9.47 Å². The Morgan fingerprint density at radius 3 is 3.04 bits per heavy atom. The van der Waals surface area contributed by atoms with Gasteiger partial charge in [-0.25, -0.2) is 0 Å². The molecule has 6 nitrogen and oxygen atoms in total. The maximum Gasteiger partial charge on any atom is 0.208 e. The third-order valence-electron chi connectivity index (χ3n) is 4.38. The van der Waals surface area contributed by atoms with Crippen molar-refractivity contribution in [2.45, 2.75) is 38.1 Å². The highest BCUT2D eigenvalue weighted by Gasteiger charge is 2.48. The Kier molecular flexibility index (Phi) is 4.00. The summed E-state index contributed by atoms with van der Waals surface area (Å²) in [6.07, 6.45) is 3.93. The zero-order chi connectivity index (χ0) is 15.7. The van der Waals surface area contributed by atoms with Crippen LogP contribution in [0.4, 0.5) is 5.13 Å². The summed E-state index contributed by atoms with van der Waals surface area (Å²) >= 11 is 1.64. The molecule has 4 rings (SSSR count). The van der Waals surface area contributed by atoms with Gasteiger partial charge >= 0.3 is 0 Å². The van der Waals surface area contributed by atoms with Gasteiger partial charge in [-0.3, -0.25) is 4.98 Å². The zero-order valence-electron chi connectivity index (χ0n) is 13.1. The monoisotopic (exact) mass is 332 g/mol. The molecule has 2 saturated heterocycles. The molecule has 2 aliphatic rings. The second-order valence-corrected chi connectivity index (χ2v) is 7.40. The number of rotatable bonds is 4. The van der Waals surface area contributed by atoms with E-state index in [1.54, 1.807) is 17.5 Å². The van der Waals surface area contributed by atoms with E-state index in [-0.39, 0.29) is 11.7 Å². The van der Waals surface area contributed by atoms with Gasteiger partial charge in [-0.15, -0.1) is 10.2 Å². The van der Waals surface area contributed by atoms with E-state index in [1.807, 2.05) is 25.1 Å². The normalized spacial score (nSPS) is 23.0. The van der Waals surface area contributed by atoms with E-state index in [0.29, 0.717) is 6.61 Å². The quantitative estimate of drug-likeness (QED) is 0.855. The molecule has 2 fully saturated rings. The number of nitrogens with zero attached hydrogens (tertiary/aromatic N) is 4. The molecule has 0 amide bonds. The largest absolute Gasteiger partial charge is 0.372 e. The van der Waals surface area contributed by atoms with Crippen LogP contribution in [0.15, 0.2) is 24.4 Å². The smallest absolute Gasteiger partial charge is 0.208 e. The minimum atomic E-state index is -0.0768. The fourth-order valence-corrected chi connectivity index (χ4v) is 3.92. The van der Waals surface area contributed by atoms with Crippen LogP contribution in [0.25, 0.3) is 0 Å². The lowest BCUT2D eigenvalue weighted by Crippen LogP contribution is -2.66. The van der Waals surface area contributed by atoms with Crippen molar-refractivity contribution in [2.24, 2.45) is 0 Å². The van der Waals surface area contributed by atoms with Crippen LogP contribution in [0.1, 0.15) is 23.5 Å². The lowest BCUT2D eigenvalue weighted by molar-refractivity contribution is -0.148. The van der Waals surface area contributed by atoms with Crippen molar-refractivity contribution in [3.8, 4) is 0 Å². The summed E-state index contributed by atoms with van der Waals surface area (Å²) in [5.41, 5.74) is 0.902. The Morgan fingerprint density at radius 2 is 2.30 bits per heavy atom. The molecule has 0 aliphatic carbocycles. The average molecular weight is 332 g/mol. The number of hydrogen-bond acceptors (Lipinski definition) is 7. The molecule has 1 spiro atoms. The van der Waals surface area contributed by atoms with Crippen molar-refractivity contribution in [3.05, 3.63) is 35.1 Å². The van der Waals surface area contributed by atoms with Crippen molar-refractivity contribution in [3.63, 3.8) is 0 Å². The Balaban J connectivity index is 1.31. The van der Waals surface area contributed by atoms with Crippen molar-refractivity contribution < 1.29 is 9.47 Å². The SMILES string of the molecule is Cc1nnc(N2CC3(C[C@@H](OCc4ccccn4)CCO3)C2)s1. The molecule has 0 saturated carbocycles. The van der Waals surface area contributed by atoms with Crippen LogP contribution in [0, 0.1) is 6.92 Å². The number of hydrogen-bond donors (Lipinski definition) is 0. The number of aromatic nitrogens is 3. The zero-order valence-corrected chi connectivity index (χ0v) is 14.0. The maximum atomic E-state index is 6.06. The first-order valence-corrected chi connectivity index (χ1v) is 8.75. The maximum absolute atomic E-state index is 6.06. The van der Waals surface area contributed by atoms with Crippen LogP contribution in [-0.2, 0) is 16.1 Å². The number of pyridine rings is 1. The fourth-order valence-electron chi connectivity index (χ4n) is 3.23. The second kappa shape index (κ2) is 6.14. The minimum Gasteiger partial charge on any atom is -0.372 e. The lowest BCUT2D eigenvalue weighted by Gasteiger charge is -2.52. The predicted octanol–water partition coefficient (Wildman–Crippen LogP) is 2.20. The second-order valence-electron chi connectivity index (χ2n) is 6.24. The van der Waals surface area contributed by atoms with E-state index in [0.717, 1.165) is 48.4 Å². The fraction of sp³-hybridized carbons (Fsp3) is 0.562. The summed E-state index contributed by atoms with van der Waals surface area (Å²) in [4.78, 5) is 6.55. The van der Waals surface area contributed by atoms with Crippen LogP contribution in [0.2, 0.25) is 0 Å². The molecule has 2 aliphatic heterocycles. The Bertz CT molecular complexity index is 657. The van der Waals surface area contributed by atoms with Gasteiger partial charge in [0, 0.05) is 19.2 Å². The molecule has 0 radical (unpaired) electrons. The molecule has 4 heterocycles. The highest BCUT2D eigenvalue weighted by Crippen LogP contribution is 2.38. The molecule has 7 heteroatoms. The van der Waals surface area contributed by atoms with Crippen LogP contribution in [-0.4, -0.2) is 46.6 Å². The first kappa shape index (κ1) is 15.0. The van der Waals surface area contributed by atoms with E-state index < -0.39 is 0 Å². The van der Waals surface area contributed by atoms with Crippen molar-refractivity contribution in [1.29, 1.82) is 0 Å². The first-order valence-electron chi connectivity index (χ1n) is 7.93. The van der Waals surface area contributed by atoms with Gasteiger partial charge in [0.15, 0.2) is 0 Å². The molecular formula is C16H20N4O2S. The first-order chi connectivity index (χ1) is 11.2. The van der Waals surface area contributed by atoms with Crippen LogP contribution < -0.4 is 4.90 Å². The highest BCUT2D eigenvalue weighted by atomic mass is 32.1. The van der Waals surface area contributed by atoms with Crippen molar-refractivity contribution in [2.75, 3.05) is 24.6 Å². The van der Waals surface area contributed by atoms with Crippen LogP contribution in [0.3, 0.4) is 0 Å². The van der Waals surface area contributed by atoms with Gasteiger partial charge in [-0.05, 0) is 25.5 Å². The van der Waals surface area contributed by atoms with Gasteiger partial charge in [0.25, 0.3) is 0 Å². The summed E-state index contributed by atoms with van der Waals surface area (Å²) in [5, 5.41) is 10.3. The number of aryl methyl sites for hydroxylation is 1. The van der Waals surface area contributed by atoms with Gasteiger partial charge < -0.3 is 14.4 Å². The van der Waals surface area contributed by atoms with E-state index in [1.165, 1.54) is 0 Å². The molecule has 0 N–H and O–H groups in total. The van der Waals surface area contributed by atoms with Crippen LogP contribution >= 0.6 is 11.3 Å². The molecule has 1 atom stereocenters. The Hall–Kier alpha value is -1.57. The van der Waals surface area contributed by atoms with Crippen molar-refractivity contribution >= 4 is 16.5 Å². The van der Waals surface area contributed by atoms with Gasteiger partial charge in [0.05, 0.1) is 31.5 Å². The van der Waals surface area contributed by atoms with Crippen LogP contribution in [0.5, 0.6) is 0 Å². The van der Waals surface area contributed by atoms with Crippen molar-refractivity contribution in [1.82, 2.24) is 15.2 Å². The summed E-state index contributed by atoms with van der Waals surface area (Å²) < 4.78 is 12.1. The lowest BCUT2D eigenvalue weighted by atomic mass is 9.85. The van der Waals surface area contributed by atoms with Gasteiger partial charge in [0.2, 0.25) is 5.13 Å². The highest BCUT2D eigenvalue weighted by molar-refractivity contribution is 7.15. The Morgan fingerprint density at radius 1 is 1.39 bits per heavy atom. The summed E-state index contributed by atoms with van der Waals surface area (Å²) in [6.45, 7) is 5.07. The third-order valence-corrected chi connectivity index (χ3v) is 5.28. The van der Waals surface area contributed by atoms with Gasteiger partial charge in [-0.1, -0.05) is 17.4 Å². The molecule has 2 aromatic rings. The molecule has 0 bridgehead atoms. The van der Waals surface area contributed by atoms with E-state index in [9.17, 15) is 0 Å². The standard InChI is InChI=1S/C16H20N4O2S/c1-12-18-19-15(23-12)20-10-16(11-20)8-14(5-7-22-16)21-9-13-4-2-3-6-17-13/h2-4,6,14H,5,7-11H2,1H3/t14-/m0/s1. The molecule has 122 valence electrons. The predicted molar refractivity (Wildman–Crippen MR) is 87.6 cm³/mol. The molecule has 23 heavy (non-hydrogen) atoms. The van der Waals surface area contributed by atoms with Gasteiger partial charge in [-0.2, -0.15) is 0 Å². The molecule has 0 aromatic carbocycles. The number of ether oxygens (including phenoxy) is 2. The summed E-state index contributed by atoms with van der Waals surface area (Å²) in [5.74, 6) is 0. The summed E-state index contributed by atoms with van der Waals surface area (Å²) in [7, 11) is 0. The van der Waals surface area contributed by atoms with Gasteiger partial charge in [0.1, 0.15) is 10.6 Å². The minimum absolute atomic E-state index is 0.0768. The average Bonchev–Trinajstić information content (AvgIpc) is 2.98. The van der Waals surface area contributed by atoms with E-state index >= 15 is 0 Å². The van der Waals surface area contributed by atoms with E-state index in [2.05, 4.69) is 20.1 Å². The third kappa shape index (κ3) is 3.22. The molecule has 0 unspecified atom stereocenters. The topological polar surface area (TPSA) is 60.4 Å². The molecule has 2 aromatic heterocycles. The Labute approximate surface area is 139 Å². The number of anilines is 1.